The maximum Gasteiger partial charge on any atom is 0.275 e. The van der Waals surface area contributed by atoms with E-state index in [0.29, 0.717) is 11.5 Å². The number of aryl methyl sites for hydroxylation is 1. The van der Waals surface area contributed by atoms with Gasteiger partial charge in [0.25, 0.3) is 5.91 Å². The van der Waals surface area contributed by atoms with Gasteiger partial charge in [0.1, 0.15) is 5.75 Å². The Morgan fingerprint density at radius 2 is 2.03 bits per heavy atom. The van der Waals surface area contributed by atoms with Crippen molar-refractivity contribution in [1.29, 1.82) is 0 Å². The molecule has 0 saturated carbocycles. The molecule has 4 rings (SSSR count). The van der Waals surface area contributed by atoms with Gasteiger partial charge in [-0.15, -0.1) is 0 Å². The third kappa shape index (κ3) is 3.64. The molecule has 29 heavy (non-hydrogen) atoms. The fourth-order valence-corrected chi connectivity index (χ4v) is 3.69. The summed E-state index contributed by atoms with van der Waals surface area (Å²) in [6.45, 7) is 1.90. The Morgan fingerprint density at radius 3 is 2.79 bits per heavy atom. The molecule has 1 aliphatic rings. The molecule has 3 aromatic rings. The van der Waals surface area contributed by atoms with Gasteiger partial charge in [-0.3, -0.25) is 4.79 Å². The first-order chi connectivity index (χ1) is 14.1. The normalized spacial score (nSPS) is 13.6. The van der Waals surface area contributed by atoms with Gasteiger partial charge in [-0.25, -0.2) is 15.1 Å². The van der Waals surface area contributed by atoms with Crippen molar-refractivity contribution in [3.05, 3.63) is 76.7 Å². The lowest BCUT2D eigenvalue weighted by atomic mass is 9.96. The average Bonchev–Trinajstić information content (AvgIpc) is 3.08. The van der Waals surface area contributed by atoms with Gasteiger partial charge in [-0.1, -0.05) is 29.8 Å². The Hall–Kier alpha value is -3.45. The quantitative estimate of drug-likeness (QED) is 0.510. The first-order valence-electron chi connectivity index (χ1n) is 9.06. The number of benzene rings is 1. The maximum absolute atomic E-state index is 12.1. The highest BCUT2D eigenvalue weighted by molar-refractivity contribution is 6.51. The number of carbonyl (C=O) groups is 1. The van der Waals surface area contributed by atoms with Crippen LogP contribution in [0.1, 0.15) is 33.7 Å². The molecule has 8 heteroatoms. The number of halogens is 1. The molecule has 0 radical (unpaired) electrons. The molecule has 1 aliphatic carbocycles. The topological polar surface area (TPSA) is 92.4 Å². The van der Waals surface area contributed by atoms with Crippen molar-refractivity contribution >= 4 is 28.8 Å². The van der Waals surface area contributed by atoms with Crippen molar-refractivity contribution < 1.29 is 9.90 Å². The number of pyridine rings is 1. The fraction of sp³-hybridized carbons (Fsp3) is 0.143. The fourth-order valence-electron chi connectivity index (χ4n) is 3.30. The number of phenols is 1. The van der Waals surface area contributed by atoms with Crippen molar-refractivity contribution in [2.75, 3.05) is 0 Å². The molecule has 0 aliphatic heterocycles. The number of phenolic OH excluding ortho intramolecular Hbond substituents is 1. The second-order valence-electron chi connectivity index (χ2n) is 6.56. The number of hydrogen-bond acceptors (Lipinski definition) is 5. The van der Waals surface area contributed by atoms with Crippen LogP contribution in [0, 0.1) is 6.92 Å². The Morgan fingerprint density at radius 1 is 1.24 bits per heavy atom. The van der Waals surface area contributed by atoms with E-state index in [9.17, 15) is 9.90 Å². The standard InChI is InChI=1S/C21H18ClN5O2/c1-13-19-16(27(26-13)18-8-4-5-11-23-18)10-9-14(20(19)22)12-24-25-21(29)15-6-2-3-7-17(15)28/h2-8,11-12,28H,9-10H2,1H3,(H,25,29)/b24-12-. The zero-order valence-corrected chi connectivity index (χ0v) is 16.4. The molecule has 0 fully saturated rings. The summed E-state index contributed by atoms with van der Waals surface area (Å²) in [6, 6.07) is 12.0. The van der Waals surface area contributed by atoms with E-state index in [1.165, 1.54) is 12.1 Å². The van der Waals surface area contributed by atoms with Gasteiger partial charge in [0.15, 0.2) is 5.82 Å². The number of aromatic nitrogens is 3. The minimum atomic E-state index is -0.494. The third-order valence-corrected chi connectivity index (χ3v) is 5.12. The summed E-state index contributed by atoms with van der Waals surface area (Å²) >= 11 is 6.64. The molecule has 2 N–H and O–H groups in total. The number of nitrogens with one attached hydrogen (secondary N) is 1. The molecular formula is C21H18ClN5O2. The van der Waals surface area contributed by atoms with Crippen LogP contribution < -0.4 is 5.43 Å². The molecule has 0 unspecified atom stereocenters. The van der Waals surface area contributed by atoms with Crippen LogP contribution in [-0.4, -0.2) is 32.0 Å². The molecular weight excluding hydrogens is 390 g/mol. The molecule has 7 nitrogen and oxygen atoms in total. The predicted octanol–water partition coefficient (Wildman–Crippen LogP) is 3.59. The second-order valence-corrected chi connectivity index (χ2v) is 6.94. The Bertz CT molecular complexity index is 1140. The van der Waals surface area contributed by atoms with Crippen molar-refractivity contribution in [3.63, 3.8) is 0 Å². The molecule has 0 saturated heterocycles. The summed E-state index contributed by atoms with van der Waals surface area (Å²) in [4.78, 5) is 16.5. The lowest BCUT2D eigenvalue weighted by Gasteiger charge is -2.16. The largest absolute Gasteiger partial charge is 0.507 e. The Kier molecular flexibility index (Phi) is 5.14. The third-order valence-electron chi connectivity index (χ3n) is 4.69. The number of hydrogen-bond donors (Lipinski definition) is 2. The molecule has 2 heterocycles. The van der Waals surface area contributed by atoms with E-state index in [-0.39, 0.29) is 11.3 Å². The number of nitrogens with zero attached hydrogens (tertiary/aromatic N) is 4. The SMILES string of the molecule is Cc1nn(-c2ccccn2)c2c1C(Cl)=C(/C=N\NC(=O)c1ccccc1O)CC2. The number of rotatable bonds is 4. The van der Waals surface area contributed by atoms with Crippen molar-refractivity contribution in [2.45, 2.75) is 19.8 Å². The van der Waals surface area contributed by atoms with Crippen LogP contribution in [0.25, 0.3) is 10.9 Å². The smallest absolute Gasteiger partial charge is 0.275 e. The molecule has 146 valence electrons. The number of hydrazone groups is 1. The molecule has 1 aromatic carbocycles. The van der Waals surface area contributed by atoms with E-state index >= 15 is 0 Å². The van der Waals surface area contributed by atoms with Gasteiger partial charge in [0.2, 0.25) is 0 Å². The van der Waals surface area contributed by atoms with Gasteiger partial charge in [-0.2, -0.15) is 10.2 Å². The Labute approximate surface area is 172 Å². The summed E-state index contributed by atoms with van der Waals surface area (Å²) in [7, 11) is 0. The van der Waals surface area contributed by atoms with Crippen molar-refractivity contribution in [3.8, 4) is 11.6 Å². The van der Waals surface area contributed by atoms with Crippen LogP contribution >= 0.6 is 11.6 Å². The van der Waals surface area contributed by atoms with E-state index in [4.69, 9.17) is 11.6 Å². The van der Waals surface area contributed by atoms with Crippen LogP contribution in [0.15, 0.2) is 59.3 Å². The molecule has 2 aromatic heterocycles. The van der Waals surface area contributed by atoms with E-state index in [0.717, 1.165) is 34.8 Å². The van der Waals surface area contributed by atoms with Gasteiger partial charge in [0.05, 0.1) is 28.2 Å². The van der Waals surface area contributed by atoms with Gasteiger partial charge < -0.3 is 5.11 Å². The number of fused-ring (bicyclic) bond motifs is 1. The number of para-hydroxylation sites is 1. The number of amides is 1. The van der Waals surface area contributed by atoms with E-state index in [1.807, 2.05) is 29.8 Å². The van der Waals surface area contributed by atoms with Gasteiger partial charge >= 0.3 is 0 Å². The van der Waals surface area contributed by atoms with Crippen molar-refractivity contribution in [1.82, 2.24) is 20.2 Å². The summed E-state index contributed by atoms with van der Waals surface area (Å²) in [5.74, 6) is 0.150. The highest BCUT2D eigenvalue weighted by Crippen LogP contribution is 2.36. The van der Waals surface area contributed by atoms with Crippen molar-refractivity contribution in [2.24, 2.45) is 5.10 Å². The van der Waals surface area contributed by atoms with Crippen LogP contribution in [-0.2, 0) is 6.42 Å². The molecule has 0 spiro atoms. The summed E-state index contributed by atoms with van der Waals surface area (Å²) in [6.07, 6.45) is 4.64. The van der Waals surface area contributed by atoms with Crippen LogP contribution in [0.5, 0.6) is 5.75 Å². The number of allylic oxidation sites excluding steroid dienone is 1. The average molecular weight is 408 g/mol. The van der Waals surface area contributed by atoms with Crippen LogP contribution in [0.4, 0.5) is 0 Å². The van der Waals surface area contributed by atoms with E-state index in [2.05, 4.69) is 20.6 Å². The number of aromatic hydroxyl groups is 1. The zero-order chi connectivity index (χ0) is 20.4. The lowest BCUT2D eigenvalue weighted by molar-refractivity contribution is 0.0952. The van der Waals surface area contributed by atoms with Gasteiger partial charge in [-0.05, 0) is 49.6 Å². The minimum absolute atomic E-state index is 0.0997. The highest BCUT2D eigenvalue weighted by Gasteiger charge is 2.25. The molecule has 1 amide bonds. The second kappa shape index (κ2) is 7.89. The zero-order valence-electron chi connectivity index (χ0n) is 15.6. The monoisotopic (exact) mass is 407 g/mol. The van der Waals surface area contributed by atoms with E-state index in [1.54, 1.807) is 24.5 Å². The summed E-state index contributed by atoms with van der Waals surface area (Å²) in [5, 5.41) is 18.9. The first-order valence-corrected chi connectivity index (χ1v) is 9.44. The molecule has 0 atom stereocenters. The first kappa shape index (κ1) is 18.9. The molecule has 0 bridgehead atoms. The Balaban J connectivity index is 1.58. The predicted molar refractivity (Wildman–Crippen MR) is 111 cm³/mol. The van der Waals surface area contributed by atoms with Crippen LogP contribution in [0.2, 0.25) is 0 Å². The maximum atomic E-state index is 12.1. The highest BCUT2D eigenvalue weighted by atomic mass is 35.5. The number of carbonyl (C=O) groups excluding carboxylic acids is 1. The minimum Gasteiger partial charge on any atom is -0.507 e. The van der Waals surface area contributed by atoms with Gasteiger partial charge in [0, 0.05) is 11.8 Å². The van der Waals surface area contributed by atoms with Crippen LogP contribution in [0.3, 0.4) is 0 Å². The lowest BCUT2D eigenvalue weighted by Crippen LogP contribution is -2.18. The van der Waals surface area contributed by atoms with E-state index < -0.39 is 5.91 Å². The summed E-state index contributed by atoms with van der Waals surface area (Å²) in [5.41, 5.74) is 6.06. The summed E-state index contributed by atoms with van der Waals surface area (Å²) < 4.78 is 1.82.